The van der Waals surface area contributed by atoms with Gasteiger partial charge >= 0.3 is 0 Å². The molecule has 0 aliphatic carbocycles. The Hall–Kier alpha value is -2.20. The Kier molecular flexibility index (Phi) is 4.72. The van der Waals surface area contributed by atoms with Gasteiger partial charge in [0, 0.05) is 31.2 Å². The van der Waals surface area contributed by atoms with E-state index >= 15 is 0 Å². The second-order valence-corrected chi connectivity index (χ2v) is 6.06. The zero-order valence-electron chi connectivity index (χ0n) is 13.3. The van der Waals surface area contributed by atoms with Gasteiger partial charge in [0.15, 0.2) is 0 Å². The van der Waals surface area contributed by atoms with E-state index < -0.39 is 5.82 Å². The number of benzene rings is 2. The second kappa shape index (κ2) is 6.92. The number of hydrogen-bond acceptors (Lipinski definition) is 2. The standard InChI is InChI=1S/C19H21FN2O/c1-14(12-21-19(23)16-7-4-8-18(20)11-16)22-10-9-15-5-2-3-6-17(15)13-22/h2-8,11,14H,9-10,12-13H2,1H3,(H,21,23). The van der Waals surface area contributed by atoms with Crippen LogP contribution in [0.4, 0.5) is 4.39 Å². The fraction of sp³-hybridized carbons (Fsp3) is 0.316. The number of nitrogens with one attached hydrogen (secondary N) is 1. The van der Waals surface area contributed by atoms with Crippen molar-refractivity contribution in [1.29, 1.82) is 0 Å². The molecule has 1 atom stereocenters. The number of rotatable bonds is 4. The molecule has 0 bridgehead atoms. The van der Waals surface area contributed by atoms with Crippen LogP contribution < -0.4 is 5.32 Å². The number of amides is 1. The van der Waals surface area contributed by atoms with Gasteiger partial charge < -0.3 is 5.32 Å². The minimum absolute atomic E-state index is 0.228. The summed E-state index contributed by atoms with van der Waals surface area (Å²) in [7, 11) is 0. The van der Waals surface area contributed by atoms with Gasteiger partial charge in [-0.25, -0.2) is 4.39 Å². The first-order valence-electron chi connectivity index (χ1n) is 7.98. The maximum absolute atomic E-state index is 13.2. The lowest BCUT2D eigenvalue weighted by Crippen LogP contribution is -2.44. The predicted molar refractivity (Wildman–Crippen MR) is 88.8 cm³/mol. The number of fused-ring (bicyclic) bond motifs is 1. The Bertz CT molecular complexity index is 701. The van der Waals surface area contributed by atoms with Gasteiger partial charge in [-0.15, -0.1) is 0 Å². The molecule has 0 aromatic heterocycles. The van der Waals surface area contributed by atoms with Gasteiger partial charge in [-0.1, -0.05) is 30.3 Å². The first kappa shape index (κ1) is 15.7. The summed E-state index contributed by atoms with van der Waals surface area (Å²) in [4.78, 5) is 14.5. The molecule has 2 aromatic rings. The molecule has 3 nitrogen and oxygen atoms in total. The third kappa shape index (κ3) is 3.77. The summed E-state index contributed by atoms with van der Waals surface area (Å²) in [6, 6.07) is 14.5. The van der Waals surface area contributed by atoms with Crippen LogP contribution in [0.1, 0.15) is 28.4 Å². The fourth-order valence-electron chi connectivity index (χ4n) is 3.00. The molecule has 1 amide bonds. The molecule has 0 saturated heterocycles. The normalized spacial score (nSPS) is 15.7. The molecule has 1 heterocycles. The number of carbonyl (C=O) groups excluding carboxylic acids is 1. The van der Waals surface area contributed by atoms with Gasteiger partial charge in [0.1, 0.15) is 5.82 Å². The van der Waals surface area contributed by atoms with Crippen molar-refractivity contribution >= 4 is 5.91 Å². The molecule has 1 unspecified atom stereocenters. The number of halogens is 1. The lowest BCUT2D eigenvalue weighted by atomic mass is 9.99. The van der Waals surface area contributed by atoms with E-state index in [4.69, 9.17) is 0 Å². The minimum atomic E-state index is -0.390. The van der Waals surface area contributed by atoms with E-state index in [9.17, 15) is 9.18 Å². The number of hydrogen-bond donors (Lipinski definition) is 1. The number of nitrogens with zero attached hydrogens (tertiary/aromatic N) is 1. The molecule has 0 fully saturated rings. The van der Waals surface area contributed by atoms with Crippen LogP contribution in [0.15, 0.2) is 48.5 Å². The average molecular weight is 312 g/mol. The van der Waals surface area contributed by atoms with E-state index in [1.165, 1.54) is 23.3 Å². The van der Waals surface area contributed by atoms with Crippen molar-refractivity contribution in [3.63, 3.8) is 0 Å². The maximum atomic E-state index is 13.2. The third-order valence-corrected chi connectivity index (χ3v) is 4.43. The van der Waals surface area contributed by atoms with E-state index in [0.717, 1.165) is 19.5 Å². The van der Waals surface area contributed by atoms with Crippen LogP contribution in [-0.2, 0) is 13.0 Å². The third-order valence-electron chi connectivity index (χ3n) is 4.43. The smallest absolute Gasteiger partial charge is 0.251 e. The zero-order valence-corrected chi connectivity index (χ0v) is 13.3. The summed E-state index contributed by atoms with van der Waals surface area (Å²) >= 11 is 0. The summed E-state index contributed by atoms with van der Waals surface area (Å²) in [6.07, 6.45) is 1.04. The molecule has 1 aliphatic heterocycles. The summed E-state index contributed by atoms with van der Waals surface area (Å²) in [5, 5.41) is 2.90. The van der Waals surface area contributed by atoms with Crippen molar-refractivity contribution in [1.82, 2.24) is 10.2 Å². The maximum Gasteiger partial charge on any atom is 0.251 e. The largest absolute Gasteiger partial charge is 0.350 e. The lowest BCUT2D eigenvalue weighted by Gasteiger charge is -2.33. The Balaban J connectivity index is 1.56. The highest BCUT2D eigenvalue weighted by atomic mass is 19.1. The van der Waals surface area contributed by atoms with Crippen LogP contribution in [0, 0.1) is 5.82 Å². The van der Waals surface area contributed by atoms with Gasteiger partial charge in [-0.3, -0.25) is 9.69 Å². The summed E-state index contributed by atoms with van der Waals surface area (Å²) in [5.74, 6) is -0.618. The Labute approximate surface area is 136 Å². The molecule has 3 rings (SSSR count). The lowest BCUT2D eigenvalue weighted by molar-refractivity contribution is 0.0932. The van der Waals surface area contributed by atoms with Crippen molar-refractivity contribution in [2.45, 2.75) is 25.9 Å². The van der Waals surface area contributed by atoms with E-state index in [-0.39, 0.29) is 11.9 Å². The predicted octanol–water partition coefficient (Wildman–Crippen LogP) is 3.00. The molecule has 0 spiro atoms. The van der Waals surface area contributed by atoms with E-state index in [2.05, 4.69) is 41.4 Å². The highest BCUT2D eigenvalue weighted by molar-refractivity contribution is 5.94. The average Bonchev–Trinajstić information content (AvgIpc) is 2.59. The zero-order chi connectivity index (χ0) is 16.2. The molecule has 120 valence electrons. The highest BCUT2D eigenvalue weighted by Crippen LogP contribution is 2.20. The summed E-state index contributed by atoms with van der Waals surface area (Å²) in [6.45, 7) is 4.57. The van der Waals surface area contributed by atoms with Gasteiger partial charge in [-0.05, 0) is 42.7 Å². The van der Waals surface area contributed by atoms with Crippen LogP contribution in [0.2, 0.25) is 0 Å². The van der Waals surface area contributed by atoms with Crippen LogP contribution in [0.3, 0.4) is 0 Å². The van der Waals surface area contributed by atoms with Crippen molar-refractivity contribution in [3.05, 3.63) is 71.0 Å². The van der Waals surface area contributed by atoms with E-state index in [1.54, 1.807) is 12.1 Å². The fourth-order valence-corrected chi connectivity index (χ4v) is 3.00. The quantitative estimate of drug-likeness (QED) is 0.941. The summed E-state index contributed by atoms with van der Waals surface area (Å²) < 4.78 is 13.2. The molecular formula is C19H21FN2O. The molecule has 0 radical (unpaired) electrons. The van der Waals surface area contributed by atoms with Crippen LogP contribution >= 0.6 is 0 Å². The Morgan fingerprint density at radius 3 is 2.78 bits per heavy atom. The van der Waals surface area contributed by atoms with Crippen LogP contribution in [0.5, 0.6) is 0 Å². The SMILES string of the molecule is CC(CNC(=O)c1cccc(F)c1)N1CCc2ccccc2C1. The highest BCUT2D eigenvalue weighted by Gasteiger charge is 2.20. The van der Waals surface area contributed by atoms with Crippen molar-refractivity contribution in [3.8, 4) is 0 Å². The molecule has 23 heavy (non-hydrogen) atoms. The first-order valence-corrected chi connectivity index (χ1v) is 7.98. The van der Waals surface area contributed by atoms with E-state index in [1.807, 2.05) is 0 Å². The number of carbonyl (C=O) groups is 1. The van der Waals surface area contributed by atoms with Gasteiger partial charge in [0.25, 0.3) is 5.91 Å². The topological polar surface area (TPSA) is 32.3 Å². The van der Waals surface area contributed by atoms with Crippen molar-refractivity contribution in [2.75, 3.05) is 13.1 Å². The van der Waals surface area contributed by atoms with Gasteiger partial charge in [-0.2, -0.15) is 0 Å². The minimum Gasteiger partial charge on any atom is -0.350 e. The van der Waals surface area contributed by atoms with Gasteiger partial charge in [0.2, 0.25) is 0 Å². The molecule has 1 aliphatic rings. The first-order chi connectivity index (χ1) is 11.1. The Morgan fingerprint density at radius 1 is 1.22 bits per heavy atom. The van der Waals surface area contributed by atoms with Crippen LogP contribution in [-0.4, -0.2) is 29.9 Å². The molecule has 0 saturated carbocycles. The van der Waals surface area contributed by atoms with Crippen molar-refractivity contribution in [2.24, 2.45) is 0 Å². The van der Waals surface area contributed by atoms with Gasteiger partial charge in [0.05, 0.1) is 0 Å². The van der Waals surface area contributed by atoms with E-state index in [0.29, 0.717) is 12.1 Å². The second-order valence-electron chi connectivity index (χ2n) is 6.06. The van der Waals surface area contributed by atoms with Crippen LogP contribution in [0.25, 0.3) is 0 Å². The molecule has 4 heteroatoms. The molecular weight excluding hydrogens is 291 g/mol. The summed E-state index contributed by atoms with van der Waals surface area (Å²) in [5.41, 5.74) is 3.14. The monoisotopic (exact) mass is 312 g/mol. The molecule has 1 N–H and O–H groups in total. The van der Waals surface area contributed by atoms with Crippen molar-refractivity contribution < 1.29 is 9.18 Å². The Morgan fingerprint density at radius 2 is 2.00 bits per heavy atom. The molecule has 2 aromatic carbocycles.